The lowest BCUT2D eigenvalue weighted by molar-refractivity contribution is 0.100. The standard InChI is InChI=1S/C7H13ClOS/c1-2-10(8)7-3-5-9-6-4-7/h2,7H,3-6H2,1H3. The van der Waals surface area contributed by atoms with Crippen molar-refractivity contribution in [3.63, 3.8) is 0 Å². The predicted octanol–water partition coefficient (Wildman–Crippen LogP) is 2.41. The molecule has 1 rings (SSSR count). The van der Waals surface area contributed by atoms with E-state index in [1.54, 1.807) is 0 Å². The normalized spacial score (nSPS) is 25.0. The topological polar surface area (TPSA) is 9.23 Å². The van der Waals surface area contributed by atoms with Crippen LogP contribution in [0.3, 0.4) is 0 Å². The zero-order valence-electron chi connectivity index (χ0n) is 6.18. The van der Waals surface area contributed by atoms with Gasteiger partial charge in [-0.25, -0.2) is 0 Å². The molecule has 10 heavy (non-hydrogen) atoms. The highest BCUT2D eigenvalue weighted by Gasteiger charge is 2.14. The Balaban J connectivity index is 2.39. The van der Waals surface area contributed by atoms with Gasteiger partial charge in [0.15, 0.2) is 0 Å². The maximum atomic E-state index is 6.06. The zero-order valence-corrected chi connectivity index (χ0v) is 7.75. The first-order chi connectivity index (χ1) is 4.84. The lowest BCUT2D eigenvalue weighted by Crippen LogP contribution is -2.17. The largest absolute Gasteiger partial charge is 0.381 e. The van der Waals surface area contributed by atoms with Crippen molar-refractivity contribution >= 4 is 25.7 Å². The lowest BCUT2D eigenvalue weighted by atomic mass is 10.2. The summed E-state index contributed by atoms with van der Waals surface area (Å²) in [5.74, 6) is 0. The summed E-state index contributed by atoms with van der Waals surface area (Å²) in [6.45, 7) is 3.83. The van der Waals surface area contributed by atoms with Crippen LogP contribution in [0.15, 0.2) is 0 Å². The van der Waals surface area contributed by atoms with Crippen LogP contribution in [0.25, 0.3) is 0 Å². The van der Waals surface area contributed by atoms with Gasteiger partial charge in [-0.1, -0.05) is 20.4 Å². The first-order valence-electron chi connectivity index (χ1n) is 3.60. The van der Waals surface area contributed by atoms with E-state index < -0.39 is 0 Å². The summed E-state index contributed by atoms with van der Waals surface area (Å²) in [4.78, 5) is 0. The summed E-state index contributed by atoms with van der Waals surface area (Å²) in [7, 11) is 6.06. The minimum atomic E-state index is 0.00380. The van der Waals surface area contributed by atoms with Gasteiger partial charge < -0.3 is 4.74 Å². The fourth-order valence-corrected chi connectivity index (χ4v) is 2.66. The first kappa shape index (κ1) is 8.57. The zero-order chi connectivity index (χ0) is 7.40. The number of ether oxygens (including phenoxy) is 1. The minimum Gasteiger partial charge on any atom is -0.381 e. The molecule has 1 heterocycles. The summed E-state index contributed by atoms with van der Waals surface area (Å²) in [6.07, 6.45) is 2.27. The Kier molecular flexibility index (Phi) is 3.74. The van der Waals surface area contributed by atoms with Crippen LogP contribution in [0.1, 0.15) is 19.8 Å². The van der Waals surface area contributed by atoms with E-state index >= 15 is 0 Å². The molecule has 1 aliphatic heterocycles. The Labute approximate surface area is 69.1 Å². The molecule has 60 valence electrons. The van der Waals surface area contributed by atoms with Crippen molar-refractivity contribution in [2.75, 3.05) is 13.2 Å². The molecule has 1 atom stereocenters. The van der Waals surface area contributed by atoms with E-state index in [1.165, 1.54) is 0 Å². The SMILES string of the molecule is C/C=S(/Cl)C1CCOCC1. The highest BCUT2D eigenvalue weighted by atomic mass is 35.7. The molecule has 0 aromatic carbocycles. The number of halogens is 1. The van der Waals surface area contributed by atoms with E-state index in [4.69, 9.17) is 15.4 Å². The quantitative estimate of drug-likeness (QED) is 0.564. The second-order valence-electron chi connectivity index (χ2n) is 2.36. The molecule has 0 aromatic rings. The highest BCUT2D eigenvalue weighted by molar-refractivity contribution is 8.34. The number of hydrogen-bond acceptors (Lipinski definition) is 1. The Bertz CT molecular complexity index is 130. The van der Waals surface area contributed by atoms with Crippen LogP contribution in [0.5, 0.6) is 0 Å². The Morgan fingerprint density at radius 2 is 2.10 bits per heavy atom. The highest BCUT2D eigenvalue weighted by Crippen LogP contribution is 2.31. The van der Waals surface area contributed by atoms with Crippen molar-refractivity contribution in [1.82, 2.24) is 0 Å². The molecule has 0 bridgehead atoms. The average Bonchev–Trinajstić information content (AvgIpc) is 2.05. The predicted molar refractivity (Wildman–Crippen MR) is 49.0 cm³/mol. The van der Waals surface area contributed by atoms with E-state index in [0.29, 0.717) is 5.25 Å². The fourth-order valence-electron chi connectivity index (χ4n) is 1.09. The van der Waals surface area contributed by atoms with Gasteiger partial charge in [0.05, 0.1) is 0 Å². The van der Waals surface area contributed by atoms with E-state index in [9.17, 15) is 0 Å². The molecular formula is C7H13ClOS. The molecule has 1 fully saturated rings. The van der Waals surface area contributed by atoms with Crippen LogP contribution in [0.2, 0.25) is 0 Å². The van der Waals surface area contributed by atoms with Crippen LogP contribution in [-0.2, 0) is 4.74 Å². The second kappa shape index (κ2) is 4.37. The van der Waals surface area contributed by atoms with Crippen LogP contribution in [-0.4, -0.2) is 23.8 Å². The molecule has 0 spiro atoms. The maximum absolute atomic E-state index is 6.06. The lowest BCUT2D eigenvalue weighted by Gasteiger charge is -2.21. The Morgan fingerprint density at radius 1 is 1.50 bits per heavy atom. The van der Waals surface area contributed by atoms with Gasteiger partial charge in [0.25, 0.3) is 0 Å². The minimum absolute atomic E-state index is 0.00380. The van der Waals surface area contributed by atoms with Crippen molar-refractivity contribution < 1.29 is 4.74 Å². The third-order valence-corrected chi connectivity index (χ3v) is 4.56. The summed E-state index contributed by atoms with van der Waals surface area (Å²) in [5, 5.41) is 2.78. The molecule has 0 aliphatic carbocycles. The fraction of sp³-hybridized carbons (Fsp3) is 0.857. The Morgan fingerprint density at radius 3 is 2.60 bits per heavy atom. The van der Waals surface area contributed by atoms with Gasteiger partial charge in [0.1, 0.15) is 0 Å². The van der Waals surface area contributed by atoms with Gasteiger partial charge in [-0.05, 0) is 25.1 Å². The number of rotatable bonds is 1. The molecule has 3 heteroatoms. The molecular weight excluding hydrogens is 168 g/mol. The van der Waals surface area contributed by atoms with Crippen molar-refractivity contribution in [3.8, 4) is 0 Å². The van der Waals surface area contributed by atoms with Crippen molar-refractivity contribution in [1.29, 1.82) is 0 Å². The van der Waals surface area contributed by atoms with Crippen LogP contribution < -0.4 is 0 Å². The van der Waals surface area contributed by atoms with Crippen LogP contribution in [0, 0.1) is 0 Å². The van der Waals surface area contributed by atoms with E-state index in [-0.39, 0.29) is 9.70 Å². The molecule has 1 unspecified atom stereocenters. The second-order valence-corrected chi connectivity index (χ2v) is 5.20. The average molecular weight is 181 g/mol. The van der Waals surface area contributed by atoms with Crippen molar-refractivity contribution in [2.24, 2.45) is 0 Å². The molecule has 1 nitrogen and oxygen atoms in total. The van der Waals surface area contributed by atoms with Gasteiger partial charge in [-0.2, -0.15) is 0 Å². The van der Waals surface area contributed by atoms with Crippen LogP contribution >= 0.6 is 20.4 Å². The van der Waals surface area contributed by atoms with Gasteiger partial charge in [-0.3, -0.25) is 0 Å². The smallest absolute Gasteiger partial charge is 0.0476 e. The monoisotopic (exact) mass is 180 g/mol. The van der Waals surface area contributed by atoms with E-state index in [0.717, 1.165) is 26.1 Å². The third kappa shape index (κ3) is 2.26. The molecule has 0 amide bonds. The van der Waals surface area contributed by atoms with Crippen LogP contribution in [0.4, 0.5) is 0 Å². The molecule has 1 saturated heterocycles. The summed E-state index contributed by atoms with van der Waals surface area (Å²) >= 11 is 0. The van der Waals surface area contributed by atoms with E-state index in [2.05, 4.69) is 5.37 Å². The Hall–Kier alpha value is 0.470. The molecule has 0 N–H and O–H groups in total. The maximum Gasteiger partial charge on any atom is 0.0476 e. The van der Waals surface area contributed by atoms with Gasteiger partial charge >= 0.3 is 0 Å². The summed E-state index contributed by atoms with van der Waals surface area (Å²) < 4.78 is 5.23. The summed E-state index contributed by atoms with van der Waals surface area (Å²) in [6, 6.07) is 0. The molecule has 0 aromatic heterocycles. The van der Waals surface area contributed by atoms with Gasteiger partial charge in [-0.15, -0.1) is 0 Å². The van der Waals surface area contributed by atoms with Gasteiger partial charge in [0.2, 0.25) is 0 Å². The van der Waals surface area contributed by atoms with Gasteiger partial charge in [0, 0.05) is 18.5 Å². The molecule has 0 saturated carbocycles. The molecule has 0 radical (unpaired) electrons. The summed E-state index contributed by atoms with van der Waals surface area (Å²) in [5.41, 5.74) is 0. The molecule has 1 aliphatic rings. The number of hydrogen-bond donors (Lipinski definition) is 0. The van der Waals surface area contributed by atoms with Crippen molar-refractivity contribution in [2.45, 2.75) is 25.0 Å². The third-order valence-electron chi connectivity index (χ3n) is 1.71. The first-order valence-corrected chi connectivity index (χ1v) is 5.77. The van der Waals surface area contributed by atoms with E-state index in [1.807, 2.05) is 6.92 Å². The van der Waals surface area contributed by atoms with Crippen molar-refractivity contribution in [3.05, 3.63) is 0 Å².